The third-order valence-corrected chi connectivity index (χ3v) is 6.94. The van der Waals surface area contributed by atoms with Crippen molar-refractivity contribution in [2.75, 3.05) is 11.9 Å². The number of carbonyl (C=O) groups is 1. The fourth-order valence-corrected chi connectivity index (χ4v) is 4.76. The van der Waals surface area contributed by atoms with Crippen molar-refractivity contribution in [2.24, 2.45) is 0 Å². The van der Waals surface area contributed by atoms with E-state index >= 15 is 0 Å². The number of aromatic nitrogens is 2. The second-order valence-corrected chi connectivity index (χ2v) is 10.4. The number of hydrogen-bond donors (Lipinski definition) is 2. The lowest BCUT2D eigenvalue weighted by molar-refractivity contribution is -0.116. The van der Waals surface area contributed by atoms with Gasteiger partial charge in [-0.25, -0.2) is 13.1 Å². The largest absolute Gasteiger partial charge is 0.492 e. The molecule has 0 radical (unpaired) electrons. The zero-order valence-electron chi connectivity index (χ0n) is 17.0. The van der Waals surface area contributed by atoms with E-state index in [2.05, 4.69) is 20.2 Å². The summed E-state index contributed by atoms with van der Waals surface area (Å²) in [7, 11) is -3.66. The van der Waals surface area contributed by atoms with Crippen molar-refractivity contribution >= 4 is 55.6 Å². The molecule has 0 bridgehead atoms. The molecule has 0 aliphatic rings. The highest BCUT2D eigenvalue weighted by Crippen LogP contribution is 2.27. The quantitative estimate of drug-likeness (QED) is 0.387. The maximum Gasteiger partial charge on any atom is 0.240 e. The Hall–Kier alpha value is -2.24. The lowest BCUT2D eigenvalue weighted by Gasteiger charge is -2.08. The van der Waals surface area contributed by atoms with Gasteiger partial charge >= 0.3 is 0 Å². The summed E-state index contributed by atoms with van der Waals surface area (Å²) in [5, 5.41) is 12.1. The molecule has 32 heavy (non-hydrogen) atoms. The number of aryl methyl sites for hydroxylation is 1. The number of benzene rings is 2. The minimum Gasteiger partial charge on any atom is -0.492 e. The van der Waals surface area contributed by atoms with Crippen LogP contribution >= 0.6 is 34.5 Å². The standard InChI is InChI=1S/C20H20Cl2N4O4S2/c1-13-4-7-15(8-5-13)32(28,29)23-12-19-25-26-20(31-19)24-18(27)3-2-10-30-17-9-6-14(21)11-16(17)22/h4-9,11,23H,2-3,10,12H2,1H3,(H,24,26,27). The smallest absolute Gasteiger partial charge is 0.240 e. The molecule has 12 heteroatoms. The average molecular weight is 515 g/mol. The third-order valence-electron chi connectivity index (χ3n) is 4.16. The van der Waals surface area contributed by atoms with Gasteiger partial charge in [-0.1, -0.05) is 52.2 Å². The van der Waals surface area contributed by atoms with Crippen molar-refractivity contribution in [3.63, 3.8) is 0 Å². The van der Waals surface area contributed by atoms with E-state index in [1.54, 1.807) is 30.3 Å². The van der Waals surface area contributed by atoms with Gasteiger partial charge in [0.2, 0.25) is 21.1 Å². The van der Waals surface area contributed by atoms with Crippen LogP contribution in [0.25, 0.3) is 0 Å². The van der Waals surface area contributed by atoms with Crippen LogP contribution in [0.1, 0.15) is 23.4 Å². The van der Waals surface area contributed by atoms with E-state index in [1.807, 2.05) is 6.92 Å². The minimum absolute atomic E-state index is 0.0283. The normalized spacial score (nSPS) is 11.3. The van der Waals surface area contributed by atoms with Gasteiger partial charge in [-0.05, 0) is 43.7 Å². The Kier molecular flexibility index (Phi) is 8.44. The first kappa shape index (κ1) is 24.4. The van der Waals surface area contributed by atoms with E-state index in [-0.39, 0.29) is 23.8 Å². The lowest BCUT2D eigenvalue weighted by atomic mass is 10.2. The predicted octanol–water partition coefficient (Wildman–Crippen LogP) is 4.43. The topological polar surface area (TPSA) is 110 Å². The highest BCUT2D eigenvalue weighted by atomic mass is 35.5. The second-order valence-electron chi connectivity index (χ2n) is 6.71. The number of ether oxygens (including phenoxy) is 1. The molecule has 2 N–H and O–H groups in total. The summed E-state index contributed by atoms with van der Waals surface area (Å²) in [6, 6.07) is 11.4. The van der Waals surface area contributed by atoms with Gasteiger partial charge in [-0.3, -0.25) is 4.79 Å². The van der Waals surface area contributed by atoms with Crippen LogP contribution in [-0.4, -0.2) is 31.1 Å². The van der Waals surface area contributed by atoms with Gasteiger partial charge in [0.05, 0.1) is 23.1 Å². The number of nitrogens with one attached hydrogen (secondary N) is 2. The SMILES string of the molecule is Cc1ccc(S(=O)(=O)NCc2nnc(NC(=O)CCCOc3ccc(Cl)cc3Cl)s2)cc1. The lowest BCUT2D eigenvalue weighted by Crippen LogP contribution is -2.23. The van der Waals surface area contributed by atoms with E-state index in [9.17, 15) is 13.2 Å². The van der Waals surface area contributed by atoms with Gasteiger partial charge in [0, 0.05) is 11.4 Å². The molecule has 0 saturated heterocycles. The molecule has 1 heterocycles. The molecule has 0 aliphatic carbocycles. The van der Waals surface area contributed by atoms with Crippen molar-refractivity contribution in [1.29, 1.82) is 0 Å². The number of nitrogens with zero attached hydrogens (tertiary/aromatic N) is 2. The summed E-state index contributed by atoms with van der Waals surface area (Å²) >= 11 is 13.0. The Labute approximate surface area is 200 Å². The number of amides is 1. The van der Waals surface area contributed by atoms with Crippen LogP contribution < -0.4 is 14.8 Å². The molecule has 170 valence electrons. The zero-order chi connectivity index (χ0) is 23.1. The Morgan fingerprint density at radius 2 is 1.88 bits per heavy atom. The van der Waals surface area contributed by atoms with Gasteiger partial charge in [0.15, 0.2) is 0 Å². The summed E-state index contributed by atoms with van der Waals surface area (Å²) in [6.07, 6.45) is 0.674. The number of rotatable bonds is 10. The number of anilines is 1. The number of sulfonamides is 1. The number of halogens is 2. The first-order valence-corrected chi connectivity index (χ1v) is 12.5. The molecule has 3 rings (SSSR count). The van der Waals surface area contributed by atoms with E-state index in [1.165, 1.54) is 12.1 Å². The fraction of sp³-hybridized carbons (Fsp3) is 0.250. The van der Waals surface area contributed by atoms with Crippen molar-refractivity contribution < 1.29 is 17.9 Å². The van der Waals surface area contributed by atoms with Crippen molar-refractivity contribution in [1.82, 2.24) is 14.9 Å². The van der Waals surface area contributed by atoms with E-state index in [0.717, 1.165) is 16.9 Å². The molecule has 0 spiro atoms. The van der Waals surface area contributed by atoms with Gasteiger partial charge in [-0.15, -0.1) is 10.2 Å². The van der Waals surface area contributed by atoms with E-state index < -0.39 is 10.0 Å². The number of hydrogen-bond acceptors (Lipinski definition) is 7. The van der Waals surface area contributed by atoms with Crippen LogP contribution in [0.2, 0.25) is 10.0 Å². The third kappa shape index (κ3) is 7.14. The van der Waals surface area contributed by atoms with Crippen LogP contribution in [0, 0.1) is 6.92 Å². The van der Waals surface area contributed by atoms with E-state index in [0.29, 0.717) is 39.0 Å². The Bertz CT molecular complexity index is 1180. The molecule has 2 aromatic carbocycles. The highest BCUT2D eigenvalue weighted by molar-refractivity contribution is 7.89. The Morgan fingerprint density at radius 3 is 2.59 bits per heavy atom. The molecule has 0 saturated carbocycles. The van der Waals surface area contributed by atoms with Crippen LogP contribution in [0.3, 0.4) is 0 Å². The molecule has 1 amide bonds. The summed E-state index contributed by atoms with van der Waals surface area (Å²) < 4.78 is 32.7. The molecule has 3 aromatic rings. The van der Waals surface area contributed by atoms with Crippen molar-refractivity contribution in [3.05, 3.63) is 63.1 Å². The summed E-state index contributed by atoms with van der Waals surface area (Å²) in [4.78, 5) is 12.3. The van der Waals surface area contributed by atoms with Crippen molar-refractivity contribution in [2.45, 2.75) is 31.2 Å². The fourth-order valence-electron chi connectivity index (χ4n) is 2.52. The molecular weight excluding hydrogens is 495 g/mol. The van der Waals surface area contributed by atoms with Gasteiger partial charge < -0.3 is 10.1 Å². The first-order chi connectivity index (χ1) is 15.2. The Morgan fingerprint density at radius 1 is 1.12 bits per heavy atom. The summed E-state index contributed by atoms with van der Waals surface area (Å²) in [5.74, 6) is 0.247. The molecule has 0 unspecified atom stereocenters. The molecular formula is C20H20Cl2N4O4S2. The van der Waals surface area contributed by atoms with E-state index in [4.69, 9.17) is 27.9 Å². The summed E-state index contributed by atoms with van der Waals surface area (Å²) in [5.41, 5.74) is 0.966. The molecule has 1 aromatic heterocycles. The van der Waals surface area contributed by atoms with Gasteiger partial charge in [-0.2, -0.15) is 0 Å². The maximum atomic E-state index is 12.3. The zero-order valence-corrected chi connectivity index (χ0v) is 20.1. The predicted molar refractivity (Wildman–Crippen MR) is 125 cm³/mol. The van der Waals surface area contributed by atoms with Crippen molar-refractivity contribution in [3.8, 4) is 5.75 Å². The first-order valence-electron chi connectivity index (χ1n) is 9.49. The average Bonchev–Trinajstić information content (AvgIpc) is 3.19. The highest BCUT2D eigenvalue weighted by Gasteiger charge is 2.15. The number of carbonyl (C=O) groups excluding carboxylic acids is 1. The van der Waals surface area contributed by atoms with Crippen LogP contribution in [0.5, 0.6) is 5.75 Å². The second kappa shape index (κ2) is 11.1. The maximum absolute atomic E-state index is 12.3. The molecule has 8 nitrogen and oxygen atoms in total. The monoisotopic (exact) mass is 514 g/mol. The minimum atomic E-state index is -3.66. The van der Waals surface area contributed by atoms with Crippen LogP contribution in [-0.2, 0) is 21.4 Å². The molecule has 0 atom stereocenters. The van der Waals surface area contributed by atoms with Gasteiger partial charge in [0.1, 0.15) is 10.8 Å². The van der Waals surface area contributed by atoms with Crippen LogP contribution in [0.15, 0.2) is 47.4 Å². The van der Waals surface area contributed by atoms with Crippen LogP contribution in [0.4, 0.5) is 5.13 Å². The molecule has 0 aliphatic heterocycles. The van der Waals surface area contributed by atoms with Gasteiger partial charge in [0.25, 0.3) is 0 Å². The Balaban J connectivity index is 1.42. The summed E-state index contributed by atoms with van der Waals surface area (Å²) in [6.45, 7) is 2.15. The molecule has 0 fully saturated rings.